The van der Waals surface area contributed by atoms with E-state index in [1.54, 1.807) is 0 Å². The van der Waals surface area contributed by atoms with Crippen LogP contribution in [-0.4, -0.2) is 78.4 Å². The van der Waals surface area contributed by atoms with Gasteiger partial charge in [0.2, 0.25) is 5.14 Å². The van der Waals surface area contributed by atoms with Crippen LogP contribution in [0.5, 0.6) is 0 Å². The molecule has 0 aromatic carbocycles. The van der Waals surface area contributed by atoms with Crippen LogP contribution in [0.15, 0.2) is 0 Å². The lowest BCUT2D eigenvalue weighted by Crippen LogP contribution is -3.00. The van der Waals surface area contributed by atoms with Gasteiger partial charge in [-0.2, -0.15) is 0 Å². The zero-order chi connectivity index (χ0) is 13.0. The molecule has 0 amide bonds. The predicted molar refractivity (Wildman–Crippen MR) is 52.4 cm³/mol. The predicted octanol–water partition coefficient (Wildman–Crippen LogP) is -5.50. The second-order valence-corrected chi connectivity index (χ2v) is 2.67. The third-order valence-electron chi connectivity index (χ3n) is 1.36. The normalized spacial score (nSPS) is 11.3. The Kier molecular flexibility index (Phi) is 15.4. The highest BCUT2D eigenvalue weighted by molar-refractivity contribution is 4.16. The maximum atomic E-state index is 8.66. The second-order valence-electron chi connectivity index (χ2n) is 2.67. The molecule has 0 saturated heterocycles. The zero-order valence-electron chi connectivity index (χ0n) is 9.90. The summed E-state index contributed by atoms with van der Waals surface area (Å²) < 4.78 is 0. The molecule has 0 aliphatic heterocycles. The van der Waals surface area contributed by atoms with Gasteiger partial charge in [-0.1, -0.05) is 19.4 Å². The van der Waals surface area contributed by atoms with Crippen LogP contribution in [0.1, 0.15) is 0 Å². The second kappa shape index (κ2) is 13.5. The summed E-state index contributed by atoms with van der Waals surface area (Å²) in [5, 5.41) is 33.4. The molecule has 4 N–H and O–H groups in total. The van der Waals surface area contributed by atoms with Gasteiger partial charge in [0.15, 0.2) is 0 Å². The van der Waals surface area contributed by atoms with Crippen LogP contribution in [0.25, 0.3) is 0 Å². The zero-order valence-corrected chi connectivity index (χ0v) is 11.5. The maximum Gasteiger partial charge on any atom is 0.247 e. The lowest BCUT2D eigenvalue weighted by molar-refractivity contribution is -1.47. The Morgan fingerprint density at radius 3 is 0.944 bits per heavy atom. The number of nitrogens with zero attached hydrogens (tertiary/aromatic N) is 1. The van der Waals surface area contributed by atoms with Crippen molar-refractivity contribution < 1.29 is 61.9 Å². The SMILES string of the molecule is OCCO[N+](OCCO)(OCCO)OCCO.[Br-]. The molecular formula is C8H20BrNO8. The average Bonchev–Trinajstić information content (AvgIpc) is 2.37. The largest absolute Gasteiger partial charge is 1.00 e. The van der Waals surface area contributed by atoms with E-state index >= 15 is 0 Å². The van der Waals surface area contributed by atoms with Gasteiger partial charge in [-0.15, -0.1) is 0 Å². The summed E-state index contributed by atoms with van der Waals surface area (Å²) >= 11 is 0. The van der Waals surface area contributed by atoms with Gasteiger partial charge in [-0.3, -0.25) is 0 Å². The fourth-order valence-electron chi connectivity index (χ4n) is 0.834. The van der Waals surface area contributed by atoms with Gasteiger partial charge in [-0.05, 0) is 0 Å². The van der Waals surface area contributed by atoms with Crippen molar-refractivity contribution in [2.45, 2.75) is 0 Å². The van der Waals surface area contributed by atoms with Gasteiger partial charge >= 0.3 is 0 Å². The van der Waals surface area contributed by atoms with Crippen molar-refractivity contribution in [3.05, 3.63) is 0 Å². The van der Waals surface area contributed by atoms with Gasteiger partial charge in [0.25, 0.3) is 0 Å². The molecule has 10 heteroatoms. The summed E-state index contributed by atoms with van der Waals surface area (Å²) in [5.41, 5.74) is 0. The van der Waals surface area contributed by atoms with Gasteiger partial charge in [0, 0.05) is 0 Å². The highest BCUT2D eigenvalue weighted by Crippen LogP contribution is 2.12. The molecule has 0 aliphatic rings. The molecule has 0 rings (SSSR count). The third kappa shape index (κ3) is 9.10. The molecular weight excluding hydrogens is 318 g/mol. The van der Waals surface area contributed by atoms with Gasteiger partial charge < -0.3 is 37.4 Å². The van der Waals surface area contributed by atoms with Crippen LogP contribution in [0.2, 0.25) is 0 Å². The van der Waals surface area contributed by atoms with Gasteiger partial charge in [0.05, 0.1) is 26.4 Å². The quantitative estimate of drug-likeness (QED) is 0.206. The van der Waals surface area contributed by atoms with E-state index in [0.29, 0.717) is 0 Å². The minimum absolute atomic E-state index is 0. The molecule has 0 atom stereocenters. The first kappa shape index (κ1) is 20.4. The van der Waals surface area contributed by atoms with Crippen LogP contribution in [0, 0.1) is 0 Å². The van der Waals surface area contributed by atoms with Crippen molar-refractivity contribution in [2.75, 3.05) is 52.9 Å². The van der Waals surface area contributed by atoms with Gasteiger partial charge in [-0.25, -0.2) is 0 Å². The van der Waals surface area contributed by atoms with E-state index in [9.17, 15) is 0 Å². The number of hydrogen-bond acceptors (Lipinski definition) is 8. The first-order chi connectivity index (χ1) is 8.24. The van der Waals surface area contributed by atoms with E-state index in [4.69, 9.17) is 39.8 Å². The van der Waals surface area contributed by atoms with Crippen LogP contribution >= 0.6 is 0 Å². The number of quaternary nitrogens is 1. The number of halogens is 1. The fourth-order valence-corrected chi connectivity index (χ4v) is 0.834. The van der Waals surface area contributed by atoms with Crippen LogP contribution in [-0.2, 0) is 19.4 Å². The van der Waals surface area contributed by atoms with Crippen molar-refractivity contribution in [1.82, 2.24) is 0 Å². The molecule has 0 heterocycles. The molecule has 0 radical (unpaired) electrons. The molecule has 112 valence electrons. The standard InChI is InChI=1S/C8H20NO8.BrH/c10-1-5-14-9(15-6-2-11,16-7-3-12)17-8-4-13;/h10-13H,1-8H2;1H/q+1;/p-1. The van der Waals surface area contributed by atoms with E-state index in [1.165, 1.54) is 0 Å². The molecule has 0 saturated carbocycles. The van der Waals surface area contributed by atoms with Crippen molar-refractivity contribution in [1.29, 1.82) is 0 Å². The Bertz CT molecular complexity index is 138. The smallest absolute Gasteiger partial charge is 0.247 e. The molecule has 9 nitrogen and oxygen atoms in total. The van der Waals surface area contributed by atoms with Crippen molar-refractivity contribution in [3.8, 4) is 0 Å². The summed E-state index contributed by atoms with van der Waals surface area (Å²) in [6.45, 7) is -1.79. The van der Waals surface area contributed by atoms with Crippen LogP contribution in [0.3, 0.4) is 0 Å². The maximum absolute atomic E-state index is 8.66. The molecule has 0 spiro atoms. The molecule has 0 aromatic rings. The topological polar surface area (TPSA) is 118 Å². The van der Waals surface area contributed by atoms with Crippen molar-refractivity contribution >= 4 is 0 Å². The molecule has 0 aromatic heterocycles. The highest BCUT2D eigenvalue weighted by Gasteiger charge is 2.38. The van der Waals surface area contributed by atoms with Gasteiger partial charge in [0.1, 0.15) is 26.4 Å². The van der Waals surface area contributed by atoms with E-state index in [1.807, 2.05) is 0 Å². The summed E-state index contributed by atoms with van der Waals surface area (Å²) in [4.78, 5) is 19.9. The monoisotopic (exact) mass is 337 g/mol. The first-order valence-corrected chi connectivity index (χ1v) is 5.15. The van der Waals surface area contributed by atoms with Crippen molar-refractivity contribution in [2.24, 2.45) is 0 Å². The van der Waals surface area contributed by atoms with Crippen molar-refractivity contribution in [3.63, 3.8) is 0 Å². The minimum atomic E-state index is -1.22. The third-order valence-corrected chi connectivity index (χ3v) is 1.36. The Hall–Kier alpha value is 0.120. The summed E-state index contributed by atoms with van der Waals surface area (Å²) in [7, 11) is 0. The molecule has 0 bridgehead atoms. The highest BCUT2D eigenvalue weighted by atomic mass is 79.9. The van der Waals surface area contributed by atoms with E-state index in [2.05, 4.69) is 0 Å². The first-order valence-electron chi connectivity index (χ1n) is 5.15. The molecule has 0 aliphatic carbocycles. The molecule has 18 heavy (non-hydrogen) atoms. The lowest BCUT2D eigenvalue weighted by Gasteiger charge is -2.24. The lowest BCUT2D eigenvalue weighted by atomic mass is 10.8. The average molecular weight is 338 g/mol. The Labute approximate surface area is 115 Å². The fraction of sp³-hybridized carbons (Fsp3) is 1.00. The van der Waals surface area contributed by atoms with Crippen LogP contribution < -0.4 is 17.0 Å². The van der Waals surface area contributed by atoms with E-state index in [-0.39, 0.29) is 69.8 Å². The Morgan fingerprint density at radius 1 is 0.556 bits per heavy atom. The molecule has 0 unspecified atom stereocenters. The van der Waals surface area contributed by atoms with E-state index < -0.39 is 5.14 Å². The minimum Gasteiger partial charge on any atom is -1.00 e. The summed E-state index contributed by atoms with van der Waals surface area (Å²) in [6, 6.07) is 0. The molecule has 0 fully saturated rings. The number of rotatable bonds is 12. The number of hydrogen-bond donors (Lipinski definition) is 4. The Balaban J connectivity index is 0. The van der Waals surface area contributed by atoms with E-state index in [0.717, 1.165) is 0 Å². The van der Waals surface area contributed by atoms with Crippen LogP contribution in [0.4, 0.5) is 0 Å². The summed E-state index contributed by atoms with van der Waals surface area (Å²) in [5.74, 6) is 0. The number of aliphatic hydroxyl groups is 4. The number of aliphatic hydroxyl groups excluding tert-OH is 4. The summed E-state index contributed by atoms with van der Waals surface area (Å²) in [6.07, 6.45) is 0. The Morgan fingerprint density at radius 2 is 0.778 bits per heavy atom.